The Morgan fingerprint density at radius 3 is 2.76 bits per heavy atom. The maximum atomic E-state index is 12.5. The van der Waals surface area contributed by atoms with E-state index in [4.69, 9.17) is 10.5 Å². The number of carbonyl (C=O) groups is 1. The highest BCUT2D eigenvalue weighted by Gasteiger charge is 2.16. The first-order chi connectivity index (χ1) is 7.95. The molecule has 1 heterocycles. The first-order valence-electron chi connectivity index (χ1n) is 5.15. The molecule has 0 fully saturated rings. The maximum Gasteiger partial charge on any atom is 0.310 e. The zero-order valence-electron chi connectivity index (χ0n) is 9.67. The van der Waals surface area contributed by atoms with Crippen LogP contribution in [0.25, 0.3) is 0 Å². The molecule has 17 heavy (non-hydrogen) atoms. The molecule has 6 heteroatoms. The van der Waals surface area contributed by atoms with Crippen molar-refractivity contribution >= 4 is 11.8 Å². The average molecular weight is 244 g/mol. The van der Waals surface area contributed by atoms with E-state index in [0.29, 0.717) is 11.1 Å². The lowest BCUT2D eigenvalue weighted by atomic mass is 10.1. The molecule has 1 aromatic heterocycles. The Kier molecular flexibility index (Phi) is 4.37. The third-order valence-electron chi connectivity index (χ3n) is 2.30. The monoisotopic (exact) mass is 244 g/mol. The summed E-state index contributed by atoms with van der Waals surface area (Å²) in [6.07, 6.45) is -2.79. The number of carbonyl (C=O) groups excluding carboxylic acids is 1. The molecule has 0 aromatic carbocycles. The van der Waals surface area contributed by atoms with E-state index < -0.39 is 18.1 Å². The van der Waals surface area contributed by atoms with Crippen molar-refractivity contribution in [3.63, 3.8) is 0 Å². The number of nitrogens with two attached hydrogens (primary N) is 1. The molecular weight excluding hydrogens is 230 g/mol. The molecule has 4 nitrogen and oxygen atoms in total. The fourth-order valence-corrected chi connectivity index (χ4v) is 1.37. The molecule has 0 bridgehead atoms. The molecule has 0 amide bonds. The van der Waals surface area contributed by atoms with Gasteiger partial charge in [0, 0.05) is 0 Å². The highest BCUT2D eigenvalue weighted by atomic mass is 19.3. The predicted molar refractivity (Wildman–Crippen MR) is 58.7 cm³/mol. The number of anilines is 1. The second kappa shape index (κ2) is 5.56. The Bertz CT molecular complexity index is 422. The summed E-state index contributed by atoms with van der Waals surface area (Å²) in [5.41, 5.74) is 6.04. The number of aromatic nitrogens is 1. The van der Waals surface area contributed by atoms with Gasteiger partial charge in [0.2, 0.25) is 0 Å². The summed E-state index contributed by atoms with van der Waals surface area (Å²) < 4.78 is 29.8. The van der Waals surface area contributed by atoms with E-state index in [9.17, 15) is 13.6 Å². The molecule has 0 spiro atoms. The van der Waals surface area contributed by atoms with Crippen LogP contribution in [0.4, 0.5) is 14.6 Å². The Morgan fingerprint density at radius 2 is 2.24 bits per heavy atom. The fourth-order valence-electron chi connectivity index (χ4n) is 1.37. The van der Waals surface area contributed by atoms with Crippen LogP contribution < -0.4 is 5.73 Å². The van der Waals surface area contributed by atoms with E-state index in [1.807, 2.05) is 0 Å². The molecule has 0 unspecified atom stereocenters. The van der Waals surface area contributed by atoms with Crippen molar-refractivity contribution < 1.29 is 18.3 Å². The summed E-state index contributed by atoms with van der Waals surface area (Å²) in [7, 11) is 0. The SMILES string of the molecule is CCOC(=O)Cc1cc(C(F)F)nc(N)c1C. The molecule has 0 aliphatic rings. The van der Waals surface area contributed by atoms with E-state index in [0.717, 1.165) is 0 Å². The van der Waals surface area contributed by atoms with Gasteiger partial charge in [-0.25, -0.2) is 13.8 Å². The summed E-state index contributed by atoms with van der Waals surface area (Å²) in [5.74, 6) is -0.455. The summed E-state index contributed by atoms with van der Waals surface area (Å²) >= 11 is 0. The van der Waals surface area contributed by atoms with E-state index in [2.05, 4.69) is 4.98 Å². The summed E-state index contributed by atoms with van der Waals surface area (Å²) in [6, 6.07) is 1.19. The minimum atomic E-state index is -2.71. The first-order valence-corrected chi connectivity index (χ1v) is 5.15. The van der Waals surface area contributed by atoms with Crippen LogP contribution in [-0.4, -0.2) is 17.6 Å². The Labute approximate surface area is 97.8 Å². The van der Waals surface area contributed by atoms with Crippen molar-refractivity contribution in [2.24, 2.45) is 0 Å². The van der Waals surface area contributed by atoms with E-state index in [1.165, 1.54) is 6.07 Å². The third kappa shape index (κ3) is 3.37. The van der Waals surface area contributed by atoms with E-state index in [-0.39, 0.29) is 18.8 Å². The van der Waals surface area contributed by atoms with Crippen molar-refractivity contribution in [1.82, 2.24) is 4.98 Å². The number of halogens is 2. The zero-order valence-corrected chi connectivity index (χ0v) is 9.67. The largest absolute Gasteiger partial charge is 0.466 e. The molecule has 0 saturated heterocycles. The zero-order chi connectivity index (χ0) is 13.0. The average Bonchev–Trinajstić information content (AvgIpc) is 2.24. The van der Waals surface area contributed by atoms with E-state index in [1.54, 1.807) is 13.8 Å². The molecule has 1 aromatic rings. The number of esters is 1. The minimum Gasteiger partial charge on any atom is -0.466 e. The Morgan fingerprint density at radius 1 is 1.59 bits per heavy atom. The lowest BCUT2D eigenvalue weighted by Gasteiger charge is -2.10. The lowest BCUT2D eigenvalue weighted by Crippen LogP contribution is -2.11. The number of nitrogens with zero attached hydrogens (tertiary/aromatic N) is 1. The molecule has 1 rings (SSSR count). The second-order valence-electron chi connectivity index (χ2n) is 3.50. The molecular formula is C11H14F2N2O2. The standard InChI is InChI=1S/C11H14F2N2O2/c1-3-17-9(16)5-7-4-8(10(12)13)15-11(14)6(7)2/h4,10H,3,5H2,1-2H3,(H2,14,15). The van der Waals surface area contributed by atoms with Gasteiger partial charge in [-0.15, -0.1) is 0 Å². The van der Waals surface area contributed by atoms with Gasteiger partial charge in [0.05, 0.1) is 13.0 Å². The quantitative estimate of drug-likeness (QED) is 0.823. The van der Waals surface area contributed by atoms with Gasteiger partial charge in [0.1, 0.15) is 11.5 Å². The van der Waals surface area contributed by atoms with Crippen molar-refractivity contribution in [2.75, 3.05) is 12.3 Å². The summed E-state index contributed by atoms with van der Waals surface area (Å²) in [5, 5.41) is 0. The first kappa shape index (κ1) is 13.3. The Hall–Kier alpha value is -1.72. The van der Waals surface area contributed by atoms with Crippen LogP contribution in [0, 0.1) is 6.92 Å². The van der Waals surface area contributed by atoms with Crippen molar-refractivity contribution in [2.45, 2.75) is 26.7 Å². The number of nitrogen functional groups attached to an aromatic ring is 1. The molecule has 2 N–H and O–H groups in total. The third-order valence-corrected chi connectivity index (χ3v) is 2.30. The molecule has 0 radical (unpaired) electrons. The van der Waals surface area contributed by atoms with Gasteiger partial charge < -0.3 is 10.5 Å². The summed E-state index contributed by atoms with van der Waals surface area (Å²) in [6.45, 7) is 3.56. The molecule has 0 saturated carbocycles. The predicted octanol–water partition coefficient (Wildman–Crippen LogP) is 2.02. The molecule has 0 aliphatic carbocycles. The number of alkyl halides is 2. The van der Waals surface area contributed by atoms with Gasteiger partial charge >= 0.3 is 5.97 Å². The van der Waals surface area contributed by atoms with Crippen LogP contribution in [0.1, 0.15) is 30.2 Å². The van der Waals surface area contributed by atoms with Gasteiger partial charge in [-0.05, 0) is 31.0 Å². The highest BCUT2D eigenvalue weighted by Crippen LogP contribution is 2.23. The number of pyridine rings is 1. The molecule has 0 aliphatic heterocycles. The second-order valence-corrected chi connectivity index (χ2v) is 3.50. The van der Waals surface area contributed by atoms with Crippen LogP contribution in [0.5, 0.6) is 0 Å². The van der Waals surface area contributed by atoms with E-state index >= 15 is 0 Å². The number of hydrogen-bond acceptors (Lipinski definition) is 4. The Balaban J connectivity index is 3.01. The normalized spacial score (nSPS) is 10.6. The van der Waals surface area contributed by atoms with Gasteiger partial charge in [0.25, 0.3) is 6.43 Å². The maximum absolute atomic E-state index is 12.5. The van der Waals surface area contributed by atoms with Crippen LogP contribution in [0.15, 0.2) is 6.07 Å². The molecule has 94 valence electrons. The van der Waals surface area contributed by atoms with Crippen LogP contribution in [-0.2, 0) is 16.0 Å². The number of ether oxygens (including phenoxy) is 1. The van der Waals surface area contributed by atoms with Gasteiger partial charge in [0.15, 0.2) is 0 Å². The topological polar surface area (TPSA) is 65.2 Å². The number of rotatable bonds is 4. The number of hydrogen-bond donors (Lipinski definition) is 1. The van der Waals surface area contributed by atoms with Gasteiger partial charge in [-0.2, -0.15) is 0 Å². The highest BCUT2D eigenvalue weighted by molar-refractivity contribution is 5.73. The van der Waals surface area contributed by atoms with Gasteiger partial charge in [-0.1, -0.05) is 0 Å². The van der Waals surface area contributed by atoms with Gasteiger partial charge in [-0.3, -0.25) is 4.79 Å². The van der Waals surface area contributed by atoms with Crippen LogP contribution in [0.3, 0.4) is 0 Å². The van der Waals surface area contributed by atoms with Crippen molar-refractivity contribution in [1.29, 1.82) is 0 Å². The van der Waals surface area contributed by atoms with Crippen molar-refractivity contribution in [3.05, 3.63) is 22.9 Å². The smallest absolute Gasteiger partial charge is 0.310 e. The fraction of sp³-hybridized carbons (Fsp3) is 0.455. The van der Waals surface area contributed by atoms with Crippen LogP contribution >= 0.6 is 0 Å². The van der Waals surface area contributed by atoms with Crippen molar-refractivity contribution in [3.8, 4) is 0 Å². The lowest BCUT2D eigenvalue weighted by molar-refractivity contribution is -0.142. The van der Waals surface area contributed by atoms with Crippen LogP contribution in [0.2, 0.25) is 0 Å². The minimum absolute atomic E-state index is 0.0158. The molecule has 0 atom stereocenters. The summed E-state index contributed by atoms with van der Waals surface area (Å²) in [4.78, 5) is 14.8.